The molecule has 0 aliphatic carbocycles. The lowest BCUT2D eigenvalue weighted by molar-refractivity contribution is -0.110. The van der Waals surface area contributed by atoms with Crippen LogP contribution in [0.15, 0.2) is 47.4 Å². The minimum Gasteiger partial charge on any atom is -0.321 e. The van der Waals surface area contributed by atoms with Gasteiger partial charge in [0.1, 0.15) is 0 Å². The highest BCUT2D eigenvalue weighted by Gasteiger charge is 2.23. The Kier molecular flexibility index (Phi) is 3.85. The van der Waals surface area contributed by atoms with Gasteiger partial charge in [0.15, 0.2) is 0 Å². The van der Waals surface area contributed by atoms with E-state index < -0.39 is 0 Å². The van der Waals surface area contributed by atoms with Crippen molar-refractivity contribution in [2.75, 3.05) is 11.6 Å². The average Bonchev–Trinajstić information content (AvgIpc) is 2.76. The van der Waals surface area contributed by atoms with Crippen LogP contribution in [0.5, 0.6) is 0 Å². The van der Waals surface area contributed by atoms with E-state index in [1.807, 2.05) is 36.4 Å². The molecule has 1 heterocycles. The molecule has 20 heavy (non-hydrogen) atoms. The zero-order chi connectivity index (χ0) is 14.1. The SMILES string of the molecule is CSc1ccc(C=C2C(=O)Nc3ccc(I)cc32)cc1. The van der Waals surface area contributed by atoms with Crippen LogP contribution < -0.4 is 5.32 Å². The Morgan fingerprint density at radius 3 is 2.60 bits per heavy atom. The molecule has 0 radical (unpaired) electrons. The van der Waals surface area contributed by atoms with E-state index in [1.54, 1.807) is 11.8 Å². The number of fused-ring (bicyclic) bond motifs is 1. The molecule has 2 nitrogen and oxygen atoms in total. The van der Waals surface area contributed by atoms with Crippen LogP contribution in [0.3, 0.4) is 0 Å². The normalized spacial score (nSPS) is 15.3. The van der Waals surface area contributed by atoms with Crippen LogP contribution in [0, 0.1) is 3.57 Å². The first-order valence-electron chi connectivity index (χ1n) is 6.14. The molecule has 0 spiro atoms. The highest BCUT2D eigenvalue weighted by atomic mass is 127. The number of thioether (sulfide) groups is 1. The molecule has 0 bridgehead atoms. The van der Waals surface area contributed by atoms with Crippen molar-refractivity contribution in [3.8, 4) is 0 Å². The number of hydrogen-bond acceptors (Lipinski definition) is 2. The molecular weight excluding hydrogens is 381 g/mol. The van der Waals surface area contributed by atoms with Crippen LogP contribution in [0.4, 0.5) is 5.69 Å². The van der Waals surface area contributed by atoms with Gasteiger partial charge in [-0.2, -0.15) is 0 Å². The maximum atomic E-state index is 12.1. The first-order valence-corrected chi connectivity index (χ1v) is 8.45. The molecule has 0 unspecified atom stereocenters. The highest BCUT2D eigenvalue weighted by molar-refractivity contribution is 14.1. The van der Waals surface area contributed by atoms with Crippen LogP contribution in [-0.2, 0) is 4.79 Å². The summed E-state index contributed by atoms with van der Waals surface area (Å²) in [6.07, 6.45) is 4.00. The fraction of sp³-hybridized carbons (Fsp3) is 0.0625. The molecule has 1 aliphatic heterocycles. The lowest BCUT2D eigenvalue weighted by Crippen LogP contribution is -2.03. The minimum atomic E-state index is -0.0315. The molecule has 1 N–H and O–H groups in total. The fourth-order valence-corrected chi connectivity index (χ4v) is 3.07. The summed E-state index contributed by atoms with van der Waals surface area (Å²) >= 11 is 3.97. The minimum absolute atomic E-state index is 0.0315. The fourth-order valence-electron chi connectivity index (χ4n) is 2.17. The van der Waals surface area contributed by atoms with Gasteiger partial charge < -0.3 is 5.32 Å². The second kappa shape index (κ2) is 5.61. The standard InChI is InChI=1S/C16H12INOS/c1-20-12-5-2-10(3-6-12)8-14-13-9-11(17)4-7-15(13)18-16(14)19/h2-9H,1H3,(H,18,19). The van der Waals surface area contributed by atoms with E-state index in [-0.39, 0.29) is 5.91 Å². The summed E-state index contributed by atoms with van der Waals surface area (Å²) in [5.74, 6) is -0.0315. The zero-order valence-corrected chi connectivity index (χ0v) is 13.8. The molecule has 0 saturated heterocycles. The molecule has 4 heteroatoms. The second-order valence-corrected chi connectivity index (χ2v) is 6.60. The molecule has 0 fully saturated rings. The summed E-state index contributed by atoms with van der Waals surface area (Å²) in [7, 11) is 0. The third-order valence-corrected chi connectivity index (χ3v) is 4.61. The van der Waals surface area contributed by atoms with Crippen molar-refractivity contribution in [1.82, 2.24) is 0 Å². The number of halogens is 1. The highest BCUT2D eigenvalue weighted by Crippen LogP contribution is 2.34. The summed E-state index contributed by atoms with van der Waals surface area (Å²) in [5, 5.41) is 2.90. The van der Waals surface area contributed by atoms with Crippen molar-refractivity contribution in [2.45, 2.75) is 4.90 Å². The third-order valence-electron chi connectivity index (χ3n) is 3.19. The van der Waals surface area contributed by atoms with E-state index in [0.717, 1.165) is 26.0 Å². The van der Waals surface area contributed by atoms with Crippen LogP contribution in [0.25, 0.3) is 11.6 Å². The summed E-state index contributed by atoms with van der Waals surface area (Å²) in [6, 6.07) is 14.2. The van der Waals surface area contributed by atoms with E-state index in [1.165, 1.54) is 4.90 Å². The number of benzene rings is 2. The first-order chi connectivity index (χ1) is 9.67. The summed E-state index contributed by atoms with van der Waals surface area (Å²) < 4.78 is 1.13. The monoisotopic (exact) mass is 393 g/mol. The van der Waals surface area contributed by atoms with Gasteiger partial charge in [-0.05, 0) is 70.8 Å². The molecule has 2 aromatic carbocycles. The molecule has 0 saturated carbocycles. The Morgan fingerprint density at radius 1 is 1.15 bits per heavy atom. The van der Waals surface area contributed by atoms with Crippen LogP contribution >= 0.6 is 34.4 Å². The van der Waals surface area contributed by atoms with Gasteiger partial charge in [0.2, 0.25) is 0 Å². The molecule has 1 amide bonds. The molecule has 3 rings (SSSR count). The topological polar surface area (TPSA) is 29.1 Å². The molecular formula is C16H12INOS. The maximum Gasteiger partial charge on any atom is 0.256 e. The van der Waals surface area contributed by atoms with E-state index in [9.17, 15) is 4.79 Å². The molecule has 100 valence electrons. The van der Waals surface area contributed by atoms with Crippen LogP contribution in [0.2, 0.25) is 0 Å². The van der Waals surface area contributed by atoms with Crippen molar-refractivity contribution >= 4 is 57.6 Å². The van der Waals surface area contributed by atoms with E-state index in [2.05, 4.69) is 46.3 Å². The first kappa shape index (κ1) is 13.7. The van der Waals surface area contributed by atoms with Gasteiger partial charge in [0.25, 0.3) is 5.91 Å². The smallest absolute Gasteiger partial charge is 0.256 e. The lowest BCUT2D eigenvalue weighted by Gasteiger charge is -2.01. The zero-order valence-electron chi connectivity index (χ0n) is 10.8. The van der Waals surface area contributed by atoms with Gasteiger partial charge >= 0.3 is 0 Å². The van der Waals surface area contributed by atoms with Crippen molar-refractivity contribution in [3.63, 3.8) is 0 Å². The number of rotatable bonds is 2. The number of carbonyl (C=O) groups is 1. The molecule has 2 aromatic rings. The van der Waals surface area contributed by atoms with Crippen molar-refractivity contribution in [2.24, 2.45) is 0 Å². The van der Waals surface area contributed by atoms with Gasteiger partial charge in [0, 0.05) is 25.3 Å². The van der Waals surface area contributed by atoms with Crippen LogP contribution in [0.1, 0.15) is 11.1 Å². The Bertz CT molecular complexity index is 707. The molecule has 0 atom stereocenters. The van der Waals surface area contributed by atoms with Gasteiger partial charge in [0.05, 0.1) is 0 Å². The van der Waals surface area contributed by atoms with Crippen LogP contribution in [-0.4, -0.2) is 12.2 Å². The van der Waals surface area contributed by atoms with Crippen molar-refractivity contribution < 1.29 is 4.79 Å². The molecule has 0 aromatic heterocycles. The summed E-state index contributed by atoms with van der Waals surface area (Å²) in [4.78, 5) is 13.3. The molecule has 1 aliphatic rings. The number of anilines is 1. The Morgan fingerprint density at radius 2 is 1.90 bits per heavy atom. The predicted octanol–water partition coefficient (Wildman–Crippen LogP) is 4.51. The Hall–Kier alpha value is -1.27. The van der Waals surface area contributed by atoms with Crippen molar-refractivity contribution in [3.05, 3.63) is 57.2 Å². The van der Waals surface area contributed by atoms with E-state index in [0.29, 0.717) is 0 Å². The lowest BCUT2D eigenvalue weighted by atomic mass is 10.0. The Labute approximate surface area is 135 Å². The average molecular weight is 393 g/mol. The van der Waals surface area contributed by atoms with Gasteiger partial charge in [-0.1, -0.05) is 12.1 Å². The number of nitrogens with one attached hydrogen (secondary N) is 1. The van der Waals surface area contributed by atoms with E-state index in [4.69, 9.17) is 0 Å². The second-order valence-electron chi connectivity index (χ2n) is 4.48. The largest absolute Gasteiger partial charge is 0.321 e. The summed E-state index contributed by atoms with van der Waals surface area (Å²) in [6.45, 7) is 0. The number of carbonyl (C=O) groups excluding carboxylic acids is 1. The predicted molar refractivity (Wildman–Crippen MR) is 93.9 cm³/mol. The van der Waals surface area contributed by atoms with Crippen molar-refractivity contribution in [1.29, 1.82) is 0 Å². The third kappa shape index (κ3) is 2.62. The van der Waals surface area contributed by atoms with Gasteiger partial charge in [-0.3, -0.25) is 4.79 Å². The number of hydrogen-bond donors (Lipinski definition) is 1. The Balaban J connectivity index is 2.03. The summed E-state index contributed by atoms with van der Waals surface area (Å²) in [5.41, 5.74) is 3.65. The quantitative estimate of drug-likeness (QED) is 0.462. The van der Waals surface area contributed by atoms with Gasteiger partial charge in [-0.15, -0.1) is 11.8 Å². The number of amides is 1. The maximum absolute atomic E-state index is 12.1. The van der Waals surface area contributed by atoms with E-state index >= 15 is 0 Å². The van der Waals surface area contributed by atoms with Gasteiger partial charge in [-0.25, -0.2) is 0 Å².